The second-order valence-corrected chi connectivity index (χ2v) is 4.85. The Balaban J connectivity index is 1.89. The summed E-state index contributed by atoms with van der Waals surface area (Å²) in [6.45, 7) is 3.13. The Kier molecular flexibility index (Phi) is 3.97. The monoisotopic (exact) mass is 274 g/mol. The third-order valence-electron chi connectivity index (χ3n) is 3.53. The van der Waals surface area contributed by atoms with E-state index in [1.807, 2.05) is 36.5 Å². The molecule has 0 fully saturated rings. The first-order valence-corrected chi connectivity index (χ1v) is 7.22. The first kappa shape index (κ1) is 13.4. The molecule has 1 heterocycles. The van der Waals surface area contributed by atoms with Gasteiger partial charge in [-0.25, -0.2) is 0 Å². The summed E-state index contributed by atoms with van der Waals surface area (Å²) in [5.74, 6) is 0. The first-order chi connectivity index (χ1) is 10.4. The van der Waals surface area contributed by atoms with Crippen LogP contribution in [0.3, 0.4) is 0 Å². The van der Waals surface area contributed by atoms with E-state index in [-0.39, 0.29) is 0 Å². The van der Waals surface area contributed by atoms with Crippen molar-refractivity contribution in [3.8, 4) is 0 Å². The largest absolute Gasteiger partial charge is 0.348 e. The fourth-order valence-corrected chi connectivity index (χ4v) is 2.45. The van der Waals surface area contributed by atoms with Gasteiger partial charge in [0.25, 0.3) is 0 Å². The van der Waals surface area contributed by atoms with Gasteiger partial charge in [-0.05, 0) is 42.8 Å². The SMILES string of the molecule is CCN1C=C/C(=C\C=Nc2ccccc2)c2ccccc21. The molecule has 0 unspecified atom stereocenters. The van der Waals surface area contributed by atoms with Crippen LogP contribution in [0.25, 0.3) is 5.57 Å². The average molecular weight is 274 g/mol. The molecule has 0 saturated heterocycles. The lowest BCUT2D eigenvalue weighted by Gasteiger charge is -2.26. The summed E-state index contributed by atoms with van der Waals surface area (Å²) in [6.07, 6.45) is 8.20. The third-order valence-corrected chi connectivity index (χ3v) is 3.53. The molecule has 0 N–H and O–H groups in total. The Morgan fingerprint density at radius 3 is 2.57 bits per heavy atom. The molecule has 0 spiro atoms. The fraction of sp³-hybridized carbons (Fsp3) is 0.105. The summed E-state index contributed by atoms with van der Waals surface area (Å²) < 4.78 is 0. The van der Waals surface area contributed by atoms with Gasteiger partial charge in [0.1, 0.15) is 0 Å². The summed E-state index contributed by atoms with van der Waals surface area (Å²) in [7, 11) is 0. The Hall–Kier alpha value is -2.61. The van der Waals surface area contributed by atoms with Gasteiger partial charge < -0.3 is 4.90 Å². The van der Waals surface area contributed by atoms with Crippen LogP contribution in [0.4, 0.5) is 11.4 Å². The van der Waals surface area contributed by atoms with E-state index in [4.69, 9.17) is 0 Å². The molecule has 0 aliphatic carbocycles. The molecule has 0 aromatic heterocycles. The standard InChI is InChI=1S/C19H18N2/c1-2-21-15-13-16(18-10-6-7-11-19(18)21)12-14-20-17-8-4-3-5-9-17/h3-15H,2H2,1H3/b16-12+,20-14?. The van der Waals surface area contributed by atoms with Gasteiger partial charge in [0.15, 0.2) is 0 Å². The highest BCUT2D eigenvalue weighted by Crippen LogP contribution is 2.32. The molecule has 104 valence electrons. The van der Waals surface area contributed by atoms with Crippen molar-refractivity contribution >= 4 is 23.2 Å². The molecule has 2 heteroatoms. The van der Waals surface area contributed by atoms with E-state index in [0.717, 1.165) is 12.2 Å². The maximum atomic E-state index is 4.46. The van der Waals surface area contributed by atoms with Gasteiger partial charge in [-0.1, -0.05) is 36.4 Å². The predicted molar refractivity (Wildman–Crippen MR) is 91.2 cm³/mol. The van der Waals surface area contributed by atoms with Crippen molar-refractivity contribution in [1.82, 2.24) is 0 Å². The molecule has 0 atom stereocenters. The molecule has 1 aliphatic heterocycles. The summed E-state index contributed by atoms with van der Waals surface area (Å²) in [6, 6.07) is 18.5. The van der Waals surface area contributed by atoms with Gasteiger partial charge in [-0.3, -0.25) is 4.99 Å². The van der Waals surface area contributed by atoms with Crippen molar-refractivity contribution in [3.05, 3.63) is 78.5 Å². The predicted octanol–water partition coefficient (Wildman–Crippen LogP) is 4.83. The highest BCUT2D eigenvalue weighted by molar-refractivity contribution is 5.94. The molecular weight excluding hydrogens is 256 g/mol. The maximum Gasteiger partial charge on any atom is 0.0629 e. The van der Waals surface area contributed by atoms with E-state index in [2.05, 4.69) is 59.4 Å². The van der Waals surface area contributed by atoms with Crippen molar-refractivity contribution in [2.75, 3.05) is 11.4 Å². The summed E-state index contributed by atoms with van der Waals surface area (Å²) in [5.41, 5.74) is 4.66. The lowest BCUT2D eigenvalue weighted by molar-refractivity contribution is 1.01. The lowest BCUT2D eigenvalue weighted by atomic mass is 10.00. The van der Waals surface area contributed by atoms with E-state index in [1.165, 1.54) is 16.8 Å². The van der Waals surface area contributed by atoms with Crippen LogP contribution in [0.2, 0.25) is 0 Å². The first-order valence-electron chi connectivity index (χ1n) is 7.22. The zero-order chi connectivity index (χ0) is 14.5. The normalized spacial score (nSPS) is 15.7. The number of benzene rings is 2. The number of hydrogen-bond donors (Lipinski definition) is 0. The number of allylic oxidation sites excluding steroid dienone is 3. The highest BCUT2D eigenvalue weighted by Gasteiger charge is 2.13. The molecule has 1 aliphatic rings. The molecule has 2 aromatic carbocycles. The Bertz CT molecular complexity index is 697. The number of hydrogen-bond acceptors (Lipinski definition) is 2. The average Bonchev–Trinajstić information content (AvgIpc) is 2.56. The number of rotatable bonds is 3. The van der Waals surface area contributed by atoms with Gasteiger partial charge >= 0.3 is 0 Å². The van der Waals surface area contributed by atoms with Crippen LogP contribution in [0.1, 0.15) is 12.5 Å². The number of fused-ring (bicyclic) bond motifs is 1. The Morgan fingerprint density at radius 1 is 1.00 bits per heavy atom. The summed E-state index contributed by atoms with van der Waals surface area (Å²) in [5, 5.41) is 0. The minimum atomic E-state index is 0.970. The second-order valence-electron chi connectivity index (χ2n) is 4.85. The molecule has 2 nitrogen and oxygen atoms in total. The molecule has 0 amide bonds. The van der Waals surface area contributed by atoms with Crippen molar-refractivity contribution in [1.29, 1.82) is 0 Å². The lowest BCUT2D eigenvalue weighted by Crippen LogP contribution is -2.18. The number of nitrogens with zero attached hydrogens (tertiary/aromatic N) is 2. The van der Waals surface area contributed by atoms with Crippen molar-refractivity contribution in [3.63, 3.8) is 0 Å². The minimum Gasteiger partial charge on any atom is -0.348 e. The molecule has 0 saturated carbocycles. The van der Waals surface area contributed by atoms with Gasteiger partial charge in [-0.15, -0.1) is 0 Å². The van der Waals surface area contributed by atoms with E-state index in [1.54, 1.807) is 0 Å². The summed E-state index contributed by atoms with van der Waals surface area (Å²) >= 11 is 0. The van der Waals surface area contributed by atoms with E-state index in [9.17, 15) is 0 Å². The molecule has 0 bridgehead atoms. The zero-order valence-electron chi connectivity index (χ0n) is 12.1. The molecular formula is C19H18N2. The molecule has 3 rings (SSSR count). The smallest absolute Gasteiger partial charge is 0.0629 e. The second kappa shape index (κ2) is 6.23. The fourth-order valence-electron chi connectivity index (χ4n) is 2.45. The number of para-hydroxylation sites is 2. The van der Waals surface area contributed by atoms with Crippen molar-refractivity contribution in [2.45, 2.75) is 6.92 Å². The van der Waals surface area contributed by atoms with Crippen molar-refractivity contribution < 1.29 is 0 Å². The molecule has 0 radical (unpaired) electrons. The van der Waals surface area contributed by atoms with E-state index < -0.39 is 0 Å². The molecule has 2 aromatic rings. The van der Waals surface area contributed by atoms with Crippen LogP contribution in [-0.2, 0) is 0 Å². The van der Waals surface area contributed by atoms with Crippen LogP contribution in [0, 0.1) is 0 Å². The van der Waals surface area contributed by atoms with Crippen molar-refractivity contribution in [2.24, 2.45) is 4.99 Å². The van der Waals surface area contributed by atoms with Gasteiger partial charge in [0, 0.05) is 30.2 Å². The van der Waals surface area contributed by atoms with Gasteiger partial charge in [0.05, 0.1) is 5.69 Å². The number of aliphatic imine (C=N–C) groups is 1. The quantitative estimate of drug-likeness (QED) is 0.732. The van der Waals surface area contributed by atoms with E-state index >= 15 is 0 Å². The van der Waals surface area contributed by atoms with Crippen LogP contribution in [-0.4, -0.2) is 12.8 Å². The summed E-state index contributed by atoms with van der Waals surface area (Å²) in [4.78, 5) is 6.71. The van der Waals surface area contributed by atoms with Crippen LogP contribution < -0.4 is 4.90 Å². The third kappa shape index (κ3) is 2.95. The molecule has 21 heavy (non-hydrogen) atoms. The zero-order valence-corrected chi connectivity index (χ0v) is 12.1. The van der Waals surface area contributed by atoms with Gasteiger partial charge in [-0.2, -0.15) is 0 Å². The van der Waals surface area contributed by atoms with Crippen LogP contribution >= 0.6 is 0 Å². The maximum absolute atomic E-state index is 4.46. The highest BCUT2D eigenvalue weighted by atomic mass is 15.1. The number of anilines is 1. The Morgan fingerprint density at radius 2 is 1.76 bits per heavy atom. The van der Waals surface area contributed by atoms with Crippen LogP contribution in [0.5, 0.6) is 0 Å². The van der Waals surface area contributed by atoms with E-state index in [0.29, 0.717) is 0 Å². The van der Waals surface area contributed by atoms with Gasteiger partial charge in [0.2, 0.25) is 0 Å². The Labute approximate surface area is 125 Å². The minimum absolute atomic E-state index is 0.970. The van der Waals surface area contributed by atoms with Crippen LogP contribution in [0.15, 0.2) is 77.9 Å². The topological polar surface area (TPSA) is 15.6 Å².